The van der Waals surface area contributed by atoms with Gasteiger partial charge in [-0.05, 0) is 29.7 Å². The summed E-state index contributed by atoms with van der Waals surface area (Å²) in [6.07, 6.45) is 0. The minimum Gasteiger partial charge on any atom is -0.465 e. The summed E-state index contributed by atoms with van der Waals surface area (Å²) >= 11 is 0. The van der Waals surface area contributed by atoms with Crippen molar-refractivity contribution in [3.05, 3.63) is 77.9 Å². The van der Waals surface area contributed by atoms with Crippen molar-refractivity contribution < 1.29 is 19.1 Å². The van der Waals surface area contributed by atoms with Gasteiger partial charge in [-0.2, -0.15) is 0 Å². The van der Waals surface area contributed by atoms with Crippen LogP contribution >= 0.6 is 0 Å². The molecule has 5 nitrogen and oxygen atoms in total. The molecule has 28 heavy (non-hydrogen) atoms. The van der Waals surface area contributed by atoms with Gasteiger partial charge in [-0.3, -0.25) is 0 Å². The first-order valence-corrected chi connectivity index (χ1v) is 8.72. The van der Waals surface area contributed by atoms with Crippen molar-refractivity contribution in [1.82, 2.24) is 4.98 Å². The summed E-state index contributed by atoms with van der Waals surface area (Å²) in [4.78, 5) is 28.8. The number of rotatable bonds is 3. The van der Waals surface area contributed by atoms with Crippen molar-refractivity contribution in [3.63, 3.8) is 0 Å². The maximum atomic E-state index is 12.0. The molecule has 5 heteroatoms. The zero-order chi connectivity index (χ0) is 19.7. The molecule has 0 saturated carbocycles. The lowest BCUT2D eigenvalue weighted by molar-refractivity contribution is 0.0592. The number of carbonyl (C=O) groups is 2. The number of benzene rings is 3. The van der Waals surface area contributed by atoms with Crippen molar-refractivity contribution in [2.24, 2.45) is 0 Å². The minimum absolute atomic E-state index is 0.401. The Kier molecular flexibility index (Phi) is 4.49. The molecule has 0 saturated heterocycles. The van der Waals surface area contributed by atoms with Gasteiger partial charge in [0.15, 0.2) is 0 Å². The molecule has 0 spiro atoms. The first kappa shape index (κ1) is 17.7. The Bertz CT molecular complexity index is 1220. The molecule has 0 aliphatic carbocycles. The molecule has 0 aliphatic rings. The van der Waals surface area contributed by atoms with Crippen LogP contribution in [0.5, 0.6) is 0 Å². The quantitative estimate of drug-likeness (QED) is 0.388. The fourth-order valence-corrected chi connectivity index (χ4v) is 3.31. The highest BCUT2D eigenvalue weighted by molar-refractivity contribution is 6.13. The molecule has 0 aliphatic heterocycles. The van der Waals surface area contributed by atoms with Crippen molar-refractivity contribution in [1.29, 1.82) is 0 Å². The van der Waals surface area contributed by atoms with E-state index in [1.54, 1.807) is 24.3 Å². The second-order valence-corrected chi connectivity index (χ2v) is 6.30. The highest BCUT2D eigenvalue weighted by Gasteiger charge is 2.15. The van der Waals surface area contributed by atoms with Crippen LogP contribution in [0.25, 0.3) is 32.9 Å². The van der Waals surface area contributed by atoms with Gasteiger partial charge in [0.25, 0.3) is 0 Å². The van der Waals surface area contributed by atoms with E-state index in [-0.39, 0.29) is 0 Å². The van der Waals surface area contributed by atoms with Gasteiger partial charge in [0.1, 0.15) is 0 Å². The Labute approximate surface area is 161 Å². The highest BCUT2D eigenvalue weighted by Crippen LogP contribution is 2.33. The second-order valence-electron chi connectivity index (χ2n) is 6.30. The first-order chi connectivity index (χ1) is 13.6. The molecule has 1 heterocycles. The first-order valence-electron chi connectivity index (χ1n) is 8.72. The van der Waals surface area contributed by atoms with Crippen molar-refractivity contribution >= 4 is 33.6 Å². The molecule has 0 fully saturated rings. The number of methoxy groups -OCH3 is 2. The van der Waals surface area contributed by atoms with Crippen LogP contribution in [0.4, 0.5) is 0 Å². The summed E-state index contributed by atoms with van der Waals surface area (Å²) in [5.74, 6) is -0.812. The van der Waals surface area contributed by atoms with Crippen LogP contribution < -0.4 is 0 Å². The Morgan fingerprint density at radius 2 is 1.32 bits per heavy atom. The van der Waals surface area contributed by atoms with E-state index in [9.17, 15) is 9.59 Å². The Balaban J connectivity index is 2.07. The van der Waals surface area contributed by atoms with Gasteiger partial charge in [0.05, 0.1) is 36.6 Å². The van der Waals surface area contributed by atoms with Gasteiger partial charge >= 0.3 is 11.9 Å². The smallest absolute Gasteiger partial charge is 0.337 e. The number of hydrogen-bond donors (Lipinski definition) is 0. The zero-order valence-electron chi connectivity index (χ0n) is 15.4. The number of ether oxygens (including phenoxy) is 2. The van der Waals surface area contributed by atoms with Crippen LogP contribution in [0.2, 0.25) is 0 Å². The third-order valence-electron chi connectivity index (χ3n) is 4.68. The van der Waals surface area contributed by atoms with Crippen molar-refractivity contribution in [2.75, 3.05) is 14.2 Å². The summed E-state index contributed by atoms with van der Waals surface area (Å²) in [7, 11) is 2.71. The summed E-state index contributed by atoms with van der Waals surface area (Å²) in [5, 5.41) is 2.67. The van der Waals surface area contributed by atoms with Gasteiger partial charge in [0, 0.05) is 16.3 Å². The molecular weight excluding hydrogens is 354 g/mol. The van der Waals surface area contributed by atoms with E-state index in [0.29, 0.717) is 16.6 Å². The normalized spacial score (nSPS) is 10.8. The summed E-state index contributed by atoms with van der Waals surface area (Å²) in [6.45, 7) is 0. The third-order valence-corrected chi connectivity index (χ3v) is 4.68. The predicted molar refractivity (Wildman–Crippen MR) is 107 cm³/mol. The maximum absolute atomic E-state index is 12.0. The van der Waals surface area contributed by atoms with Gasteiger partial charge < -0.3 is 9.47 Å². The van der Waals surface area contributed by atoms with E-state index in [1.165, 1.54) is 14.2 Å². The van der Waals surface area contributed by atoms with E-state index in [2.05, 4.69) is 0 Å². The summed E-state index contributed by atoms with van der Waals surface area (Å²) in [6, 6.07) is 20.4. The fourth-order valence-electron chi connectivity index (χ4n) is 3.31. The Morgan fingerprint density at radius 3 is 1.96 bits per heavy atom. The molecule has 138 valence electrons. The van der Waals surface area contributed by atoms with Crippen LogP contribution in [0.1, 0.15) is 20.7 Å². The molecule has 0 atom stereocenters. The lowest BCUT2D eigenvalue weighted by Gasteiger charge is -2.12. The lowest BCUT2D eigenvalue weighted by Crippen LogP contribution is -2.02. The molecule has 0 bridgehead atoms. The molecule has 0 radical (unpaired) electrons. The Morgan fingerprint density at radius 1 is 0.714 bits per heavy atom. The molecule has 0 N–H and O–H groups in total. The van der Waals surface area contributed by atoms with E-state index in [0.717, 1.165) is 27.4 Å². The molecule has 1 aromatic heterocycles. The van der Waals surface area contributed by atoms with Gasteiger partial charge in [-0.1, -0.05) is 42.5 Å². The molecule has 0 unspecified atom stereocenters. The maximum Gasteiger partial charge on any atom is 0.337 e. The topological polar surface area (TPSA) is 65.5 Å². The number of pyridine rings is 1. The third kappa shape index (κ3) is 2.97. The number of fused-ring (bicyclic) bond motifs is 3. The van der Waals surface area contributed by atoms with Gasteiger partial charge in [0.2, 0.25) is 0 Å². The number of esters is 2. The number of carbonyl (C=O) groups excluding carboxylic acids is 2. The van der Waals surface area contributed by atoms with E-state index in [4.69, 9.17) is 14.5 Å². The van der Waals surface area contributed by atoms with Crippen LogP contribution in [-0.2, 0) is 9.47 Å². The van der Waals surface area contributed by atoms with E-state index >= 15 is 0 Å². The highest BCUT2D eigenvalue weighted by atomic mass is 16.5. The summed E-state index contributed by atoms with van der Waals surface area (Å²) < 4.78 is 9.69. The number of hydrogen-bond acceptors (Lipinski definition) is 5. The van der Waals surface area contributed by atoms with E-state index < -0.39 is 11.9 Å². The van der Waals surface area contributed by atoms with E-state index in [1.807, 2.05) is 42.5 Å². The Hall–Kier alpha value is -3.73. The fraction of sp³-hybridized carbons (Fsp3) is 0.0870. The van der Waals surface area contributed by atoms with Crippen LogP contribution in [0.3, 0.4) is 0 Å². The largest absolute Gasteiger partial charge is 0.465 e. The number of nitrogens with zero attached hydrogens (tertiary/aromatic N) is 1. The zero-order valence-corrected chi connectivity index (χ0v) is 15.4. The summed E-state index contributed by atoms with van der Waals surface area (Å²) in [5.41, 5.74) is 3.22. The molecule has 4 aromatic rings. The standard InChI is InChI=1S/C23H17NO4/c1-27-22(25)15-8-10-17-18-11-9-16(23(26)28-2)13-20(18)24-21(19(17)12-15)14-6-4-3-5-7-14/h3-13H,1-2H3. The lowest BCUT2D eigenvalue weighted by atomic mass is 9.97. The molecule has 3 aromatic carbocycles. The van der Waals surface area contributed by atoms with Crippen LogP contribution in [-0.4, -0.2) is 31.1 Å². The molecular formula is C23H17NO4. The average Bonchev–Trinajstić information content (AvgIpc) is 2.77. The van der Waals surface area contributed by atoms with Crippen molar-refractivity contribution in [3.8, 4) is 11.3 Å². The predicted octanol–water partition coefficient (Wildman–Crippen LogP) is 4.63. The van der Waals surface area contributed by atoms with Crippen LogP contribution in [0.15, 0.2) is 66.7 Å². The average molecular weight is 371 g/mol. The van der Waals surface area contributed by atoms with Gasteiger partial charge in [-0.25, -0.2) is 14.6 Å². The van der Waals surface area contributed by atoms with Gasteiger partial charge in [-0.15, -0.1) is 0 Å². The SMILES string of the molecule is COC(=O)c1ccc2c(c1)nc(-c1ccccc1)c1cc(C(=O)OC)ccc12. The molecule has 0 amide bonds. The second kappa shape index (κ2) is 7.12. The van der Waals surface area contributed by atoms with Crippen molar-refractivity contribution in [2.45, 2.75) is 0 Å². The van der Waals surface area contributed by atoms with Crippen LogP contribution in [0, 0.1) is 0 Å². The minimum atomic E-state index is -0.411. The molecule has 4 rings (SSSR count). The number of aromatic nitrogens is 1. The monoisotopic (exact) mass is 371 g/mol.